The first-order valence-corrected chi connectivity index (χ1v) is 13.8. The van der Waals surface area contributed by atoms with Crippen molar-refractivity contribution in [1.29, 1.82) is 0 Å². The molecule has 2 aliphatic rings. The molecule has 0 amide bonds. The van der Waals surface area contributed by atoms with Crippen molar-refractivity contribution in [3.05, 3.63) is 143 Å². The van der Waals surface area contributed by atoms with Crippen LogP contribution >= 0.6 is 11.8 Å². The lowest BCUT2D eigenvalue weighted by Crippen LogP contribution is -2.00. The number of rotatable bonds is 2. The summed E-state index contributed by atoms with van der Waals surface area (Å²) in [5.74, 6) is 0.491. The maximum atomic E-state index is 2.39. The number of allylic oxidation sites excluding steroid dienone is 4. The highest BCUT2D eigenvalue weighted by Gasteiger charge is 2.31. The molecule has 0 spiro atoms. The summed E-state index contributed by atoms with van der Waals surface area (Å²) >= 11 is 1.96. The topological polar surface area (TPSA) is 0 Å². The minimum Gasteiger partial charge on any atom is -0.0929 e. The number of fused-ring (bicyclic) bond motifs is 9. The molecular weight excluding hydrogens is 464 g/mol. The average molecular weight is 489 g/mol. The van der Waals surface area contributed by atoms with Crippen molar-refractivity contribution in [3.63, 3.8) is 0 Å². The quantitative estimate of drug-likeness (QED) is 0.218. The van der Waals surface area contributed by atoms with E-state index in [1.165, 1.54) is 69.9 Å². The molecule has 37 heavy (non-hydrogen) atoms. The van der Waals surface area contributed by atoms with E-state index in [-0.39, 0.29) is 0 Å². The molecule has 0 N–H and O–H groups in total. The van der Waals surface area contributed by atoms with Crippen molar-refractivity contribution in [1.82, 2.24) is 0 Å². The standard InChI is InChI=1S/C36H24S/c1-2-13-29-27(11-1)28-12-3-4-14-30(28)34-22-24(19-20-31(29)34)23-9-7-10-25(21-23)26-16-8-17-33-32-15-5-6-18-35(32)37-36(26)33/h1-16,18-22,33H,17H2. The third-order valence-electron chi connectivity index (χ3n) is 8.00. The van der Waals surface area contributed by atoms with Gasteiger partial charge < -0.3 is 0 Å². The lowest BCUT2D eigenvalue weighted by atomic mass is 9.86. The molecule has 0 radical (unpaired) electrons. The molecule has 0 saturated heterocycles. The van der Waals surface area contributed by atoms with Crippen molar-refractivity contribution >= 4 is 49.7 Å². The molecule has 1 heteroatoms. The third-order valence-corrected chi connectivity index (χ3v) is 9.32. The van der Waals surface area contributed by atoms with E-state index in [1.807, 2.05) is 11.8 Å². The van der Waals surface area contributed by atoms with Crippen molar-refractivity contribution in [3.8, 4) is 11.1 Å². The van der Waals surface area contributed by atoms with Gasteiger partial charge in [0.05, 0.1) is 0 Å². The summed E-state index contributed by atoms with van der Waals surface area (Å²) < 4.78 is 0. The Bertz CT molecular complexity index is 1900. The highest BCUT2D eigenvalue weighted by atomic mass is 32.2. The molecule has 1 aliphatic heterocycles. The van der Waals surface area contributed by atoms with Gasteiger partial charge in [-0.25, -0.2) is 0 Å². The van der Waals surface area contributed by atoms with Gasteiger partial charge in [-0.05, 0) is 84.8 Å². The first kappa shape index (κ1) is 21.1. The van der Waals surface area contributed by atoms with Gasteiger partial charge in [0.2, 0.25) is 0 Å². The SMILES string of the molecule is C1=CC(c2cccc(-c3ccc4c5ccccc5c5ccccc5c4c3)c2)=C2Sc3ccccc3C2C1. The third kappa shape index (κ3) is 3.24. The van der Waals surface area contributed by atoms with Gasteiger partial charge >= 0.3 is 0 Å². The molecule has 0 bridgehead atoms. The van der Waals surface area contributed by atoms with E-state index in [0.29, 0.717) is 5.92 Å². The van der Waals surface area contributed by atoms with Crippen LogP contribution in [0, 0.1) is 0 Å². The summed E-state index contributed by atoms with van der Waals surface area (Å²) in [5, 5.41) is 7.91. The molecule has 0 saturated carbocycles. The number of hydrogen-bond donors (Lipinski definition) is 0. The molecule has 6 aromatic rings. The summed E-state index contributed by atoms with van der Waals surface area (Å²) in [6.45, 7) is 0. The minimum atomic E-state index is 0.491. The van der Waals surface area contributed by atoms with Crippen LogP contribution in [0.15, 0.2) is 137 Å². The van der Waals surface area contributed by atoms with Gasteiger partial charge in [-0.3, -0.25) is 0 Å². The predicted octanol–water partition coefficient (Wildman–Crippen LogP) is 10.4. The molecule has 0 nitrogen and oxygen atoms in total. The van der Waals surface area contributed by atoms with Crippen molar-refractivity contribution < 1.29 is 0 Å². The van der Waals surface area contributed by atoms with Gasteiger partial charge in [-0.15, -0.1) is 0 Å². The van der Waals surface area contributed by atoms with E-state index in [1.54, 1.807) is 0 Å². The Balaban J connectivity index is 1.29. The summed E-state index contributed by atoms with van der Waals surface area (Å²) in [4.78, 5) is 2.91. The highest BCUT2D eigenvalue weighted by molar-refractivity contribution is 8.03. The van der Waals surface area contributed by atoms with E-state index >= 15 is 0 Å². The first-order valence-electron chi connectivity index (χ1n) is 13.0. The van der Waals surface area contributed by atoms with E-state index in [0.717, 1.165) is 6.42 Å². The van der Waals surface area contributed by atoms with Crippen LogP contribution in [0.1, 0.15) is 23.5 Å². The minimum absolute atomic E-state index is 0.491. The maximum Gasteiger partial charge on any atom is 0.0205 e. The maximum absolute atomic E-state index is 2.39. The van der Waals surface area contributed by atoms with Crippen LogP contribution in [0.2, 0.25) is 0 Å². The summed E-state index contributed by atoms with van der Waals surface area (Å²) in [6.07, 6.45) is 5.78. The lowest BCUT2D eigenvalue weighted by Gasteiger charge is -2.19. The monoisotopic (exact) mass is 488 g/mol. The first-order chi connectivity index (χ1) is 18.3. The summed E-state index contributed by atoms with van der Waals surface area (Å²) in [7, 11) is 0. The fraction of sp³-hybridized carbons (Fsp3) is 0.0556. The molecule has 6 aromatic carbocycles. The molecule has 8 rings (SSSR count). The molecule has 174 valence electrons. The van der Waals surface area contributed by atoms with Crippen LogP contribution in [-0.2, 0) is 0 Å². The van der Waals surface area contributed by atoms with Gasteiger partial charge in [0.15, 0.2) is 0 Å². The van der Waals surface area contributed by atoms with Crippen LogP contribution < -0.4 is 0 Å². The Morgan fingerprint density at radius 1 is 0.514 bits per heavy atom. The van der Waals surface area contributed by atoms with Gasteiger partial charge in [0.25, 0.3) is 0 Å². The zero-order valence-electron chi connectivity index (χ0n) is 20.3. The van der Waals surface area contributed by atoms with Gasteiger partial charge in [0.1, 0.15) is 0 Å². The lowest BCUT2D eigenvalue weighted by molar-refractivity contribution is 0.841. The average Bonchev–Trinajstić information content (AvgIpc) is 3.36. The highest BCUT2D eigenvalue weighted by Crippen LogP contribution is 2.54. The van der Waals surface area contributed by atoms with Gasteiger partial charge in [-0.2, -0.15) is 0 Å². The fourth-order valence-corrected chi connectivity index (χ4v) is 7.64. The summed E-state index contributed by atoms with van der Waals surface area (Å²) in [6, 6.07) is 42.6. The zero-order chi connectivity index (χ0) is 24.3. The van der Waals surface area contributed by atoms with Crippen LogP contribution in [0.4, 0.5) is 0 Å². The van der Waals surface area contributed by atoms with Crippen LogP contribution in [0.5, 0.6) is 0 Å². The molecule has 0 aromatic heterocycles. The largest absolute Gasteiger partial charge is 0.0929 e. The fourth-order valence-electron chi connectivity index (χ4n) is 6.26. The van der Waals surface area contributed by atoms with Gasteiger partial charge in [-0.1, -0.05) is 121 Å². The van der Waals surface area contributed by atoms with Crippen LogP contribution in [-0.4, -0.2) is 0 Å². The van der Waals surface area contributed by atoms with E-state index in [2.05, 4.69) is 127 Å². The molecule has 0 fully saturated rings. The molecule has 1 heterocycles. The number of hydrogen-bond acceptors (Lipinski definition) is 1. The Morgan fingerprint density at radius 2 is 1.14 bits per heavy atom. The Morgan fingerprint density at radius 3 is 1.92 bits per heavy atom. The zero-order valence-corrected chi connectivity index (χ0v) is 21.1. The van der Waals surface area contributed by atoms with Crippen molar-refractivity contribution in [2.45, 2.75) is 17.2 Å². The number of benzene rings is 6. The second kappa shape index (κ2) is 8.23. The summed E-state index contributed by atoms with van der Waals surface area (Å²) in [5.41, 5.74) is 6.68. The second-order valence-corrected chi connectivity index (χ2v) is 11.1. The van der Waals surface area contributed by atoms with Crippen molar-refractivity contribution in [2.75, 3.05) is 0 Å². The van der Waals surface area contributed by atoms with E-state index in [4.69, 9.17) is 0 Å². The van der Waals surface area contributed by atoms with Crippen LogP contribution in [0.25, 0.3) is 49.0 Å². The second-order valence-electron chi connectivity index (χ2n) is 10.0. The van der Waals surface area contributed by atoms with E-state index in [9.17, 15) is 0 Å². The normalized spacial score (nSPS) is 16.5. The Labute approximate surface area is 221 Å². The number of thioether (sulfide) groups is 1. The molecule has 1 unspecified atom stereocenters. The molecule has 1 aliphatic carbocycles. The van der Waals surface area contributed by atoms with Crippen molar-refractivity contribution in [2.24, 2.45) is 0 Å². The molecular formula is C36H24S. The van der Waals surface area contributed by atoms with Crippen LogP contribution in [0.3, 0.4) is 0 Å². The van der Waals surface area contributed by atoms with Gasteiger partial charge in [0, 0.05) is 15.7 Å². The van der Waals surface area contributed by atoms with E-state index < -0.39 is 0 Å². The molecule has 1 atom stereocenters. The smallest absolute Gasteiger partial charge is 0.0205 e. The Kier molecular flexibility index (Phi) is 4.68. The predicted molar refractivity (Wildman–Crippen MR) is 160 cm³/mol. The Hall–Kier alpha value is -4.07.